The molecule has 4 nitrogen and oxygen atoms in total. The Morgan fingerprint density at radius 3 is 3.12 bits per heavy atom. The van der Waals surface area contributed by atoms with Crippen LogP contribution < -0.4 is 10.1 Å². The monoisotopic (exact) mass is 239 g/mol. The zero-order valence-corrected chi connectivity index (χ0v) is 10.5. The zero-order chi connectivity index (χ0) is 11.4. The van der Waals surface area contributed by atoms with Gasteiger partial charge in [-0.25, -0.2) is 4.98 Å². The number of nitrogens with zero attached hydrogens (tertiary/aromatic N) is 2. The molecule has 2 rings (SSSR count). The molecule has 16 heavy (non-hydrogen) atoms. The molecule has 1 aromatic heterocycles. The number of methoxy groups -OCH3 is 1. The van der Waals surface area contributed by atoms with E-state index in [4.69, 9.17) is 4.74 Å². The summed E-state index contributed by atoms with van der Waals surface area (Å²) in [6.45, 7) is 2.85. The number of aromatic nitrogens is 2. The quantitative estimate of drug-likeness (QED) is 0.872. The van der Waals surface area contributed by atoms with Crippen molar-refractivity contribution in [1.82, 2.24) is 9.97 Å². The number of anilines is 1. The van der Waals surface area contributed by atoms with Gasteiger partial charge in [0.2, 0.25) is 5.88 Å². The minimum Gasteiger partial charge on any atom is -0.481 e. The first-order chi connectivity index (χ1) is 7.78. The summed E-state index contributed by atoms with van der Waals surface area (Å²) in [5.41, 5.74) is 0. The Kier molecular flexibility index (Phi) is 3.88. The van der Waals surface area contributed by atoms with Crippen molar-refractivity contribution in [3.8, 4) is 5.88 Å². The molecule has 1 aromatic rings. The van der Waals surface area contributed by atoms with Crippen LogP contribution in [0, 0.1) is 6.92 Å². The van der Waals surface area contributed by atoms with Crippen LogP contribution in [0.25, 0.3) is 0 Å². The Morgan fingerprint density at radius 2 is 2.44 bits per heavy atom. The largest absolute Gasteiger partial charge is 0.481 e. The van der Waals surface area contributed by atoms with Gasteiger partial charge in [0.25, 0.3) is 0 Å². The van der Waals surface area contributed by atoms with E-state index in [1.807, 2.05) is 24.8 Å². The van der Waals surface area contributed by atoms with Gasteiger partial charge in [0.1, 0.15) is 11.6 Å². The molecule has 1 unspecified atom stereocenters. The molecule has 0 saturated carbocycles. The molecule has 0 bridgehead atoms. The average Bonchev–Trinajstić information content (AvgIpc) is 2.78. The number of aryl methyl sites for hydroxylation is 1. The first-order valence-corrected chi connectivity index (χ1v) is 6.58. The van der Waals surface area contributed by atoms with E-state index >= 15 is 0 Å². The summed E-state index contributed by atoms with van der Waals surface area (Å²) in [5.74, 6) is 3.50. The molecule has 1 fully saturated rings. The Balaban J connectivity index is 1.94. The van der Waals surface area contributed by atoms with Crippen molar-refractivity contribution in [3.05, 3.63) is 11.9 Å². The highest BCUT2D eigenvalue weighted by atomic mass is 32.2. The fourth-order valence-electron chi connectivity index (χ4n) is 1.76. The van der Waals surface area contributed by atoms with Crippen LogP contribution in [0.15, 0.2) is 6.07 Å². The molecule has 1 saturated heterocycles. The molecule has 5 heteroatoms. The summed E-state index contributed by atoms with van der Waals surface area (Å²) in [4.78, 5) is 8.48. The van der Waals surface area contributed by atoms with Crippen LogP contribution in [0.3, 0.4) is 0 Å². The summed E-state index contributed by atoms with van der Waals surface area (Å²) in [5, 5.41) is 4.07. The van der Waals surface area contributed by atoms with Gasteiger partial charge in [-0.3, -0.25) is 0 Å². The molecular weight excluding hydrogens is 222 g/mol. The maximum Gasteiger partial charge on any atom is 0.218 e. The Bertz CT molecular complexity index is 353. The SMILES string of the molecule is COc1cc(NCC2CCCS2)nc(C)n1. The third-order valence-corrected chi connectivity index (χ3v) is 3.96. The fourth-order valence-corrected chi connectivity index (χ4v) is 2.96. The van der Waals surface area contributed by atoms with E-state index < -0.39 is 0 Å². The smallest absolute Gasteiger partial charge is 0.218 e. The second kappa shape index (κ2) is 5.39. The molecule has 0 aromatic carbocycles. The predicted octanol–water partition coefficient (Wildman–Crippen LogP) is 2.10. The van der Waals surface area contributed by atoms with Crippen molar-refractivity contribution in [3.63, 3.8) is 0 Å². The Hall–Kier alpha value is -0.970. The van der Waals surface area contributed by atoms with Crippen molar-refractivity contribution in [2.45, 2.75) is 25.0 Å². The third-order valence-electron chi connectivity index (χ3n) is 2.56. The van der Waals surface area contributed by atoms with Crippen molar-refractivity contribution in [2.75, 3.05) is 24.7 Å². The molecule has 1 aliphatic rings. The van der Waals surface area contributed by atoms with E-state index in [2.05, 4.69) is 15.3 Å². The van der Waals surface area contributed by atoms with E-state index in [9.17, 15) is 0 Å². The highest BCUT2D eigenvalue weighted by Gasteiger charge is 2.15. The molecule has 1 N–H and O–H groups in total. The van der Waals surface area contributed by atoms with Crippen molar-refractivity contribution in [2.24, 2.45) is 0 Å². The van der Waals surface area contributed by atoms with Crippen LogP contribution in [-0.2, 0) is 0 Å². The van der Waals surface area contributed by atoms with Gasteiger partial charge in [-0.2, -0.15) is 16.7 Å². The third kappa shape index (κ3) is 3.01. The van der Waals surface area contributed by atoms with E-state index in [1.54, 1.807) is 7.11 Å². The maximum absolute atomic E-state index is 5.11. The minimum absolute atomic E-state index is 0.620. The minimum atomic E-state index is 0.620. The van der Waals surface area contributed by atoms with Gasteiger partial charge in [0, 0.05) is 17.9 Å². The molecular formula is C11H17N3OS. The van der Waals surface area contributed by atoms with E-state index in [-0.39, 0.29) is 0 Å². The number of nitrogens with one attached hydrogen (secondary N) is 1. The zero-order valence-electron chi connectivity index (χ0n) is 9.69. The number of ether oxygens (including phenoxy) is 1. The summed E-state index contributed by atoms with van der Waals surface area (Å²) in [7, 11) is 1.62. The maximum atomic E-state index is 5.11. The van der Waals surface area contributed by atoms with Crippen LogP contribution >= 0.6 is 11.8 Å². The van der Waals surface area contributed by atoms with E-state index in [0.717, 1.165) is 23.4 Å². The second-order valence-electron chi connectivity index (χ2n) is 3.86. The average molecular weight is 239 g/mol. The molecule has 1 aliphatic heterocycles. The van der Waals surface area contributed by atoms with Crippen LogP contribution in [0.4, 0.5) is 5.82 Å². The predicted molar refractivity (Wildman–Crippen MR) is 67.3 cm³/mol. The van der Waals surface area contributed by atoms with Gasteiger partial charge in [-0.1, -0.05) is 0 Å². The van der Waals surface area contributed by atoms with Gasteiger partial charge >= 0.3 is 0 Å². The summed E-state index contributed by atoms with van der Waals surface area (Å²) in [6.07, 6.45) is 2.64. The van der Waals surface area contributed by atoms with Gasteiger partial charge in [0.05, 0.1) is 7.11 Å². The summed E-state index contributed by atoms with van der Waals surface area (Å²) < 4.78 is 5.11. The number of rotatable bonds is 4. The number of hydrogen-bond donors (Lipinski definition) is 1. The molecule has 0 spiro atoms. The first-order valence-electron chi connectivity index (χ1n) is 5.53. The highest BCUT2D eigenvalue weighted by Crippen LogP contribution is 2.26. The lowest BCUT2D eigenvalue weighted by Crippen LogP contribution is -2.14. The molecule has 88 valence electrons. The van der Waals surface area contributed by atoms with Gasteiger partial charge in [-0.05, 0) is 25.5 Å². The lowest BCUT2D eigenvalue weighted by Gasteiger charge is -2.11. The lowest BCUT2D eigenvalue weighted by molar-refractivity contribution is 0.396. The van der Waals surface area contributed by atoms with Crippen LogP contribution in [0.1, 0.15) is 18.7 Å². The molecule has 1 atom stereocenters. The molecule has 0 aliphatic carbocycles. The second-order valence-corrected chi connectivity index (χ2v) is 5.27. The van der Waals surface area contributed by atoms with Crippen LogP contribution in [0.5, 0.6) is 5.88 Å². The number of hydrogen-bond acceptors (Lipinski definition) is 5. The number of thioether (sulfide) groups is 1. The molecule has 0 radical (unpaired) electrons. The fraction of sp³-hybridized carbons (Fsp3) is 0.636. The van der Waals surface area contributed by atoms with E-state index in [0.29, 0.717) is 5.88 Å². The topological polar surface area (TPSA) is 47.0 Å². The van der Waals surface area contributed by atoms with Crippen molar-refractivity contribution in [1.29, 1.82) is 0 Å². The van der Waals surface area contributed by atoms with Crippen molar-refractivity contribution >= 4 is 17.6 Å². The van der Waals surface area contributed by atoms with Crippen LogP contribution in [0.2, 0.25) is 0 Å². The first kappa shape index (κ1) is 11.5. The Morgan fingerprint density at radius 1 is 1.56 bits per heavy atom. The van der Waals surface area contributed by atoms with Gasteiger partial charge < -0.3 is 10.1 Å². The normalized spacial score (nSPS) is 19.8. The Labute approximate surface area is 100 Å². The summed E-state index contributed by atoms with van der Waals surface area (Å²) in [6, 6.07) is 1.84. The van der Waals surface area contributed by atoms with Gasteiger partial charge in [0.15, 0.2) is 0 Å². The standard InChI is InChI=1S/C11H17N3OS/c1-8-13-10(6-11(14-8)15-2)12-7-9-4-3-5-16-9/h6,9H,3-5,7H2,1-2H3,(H,12,13,14). The van der Waals surface area contributed by atoms with Crippen molar-refractivity contribution < 1.29 is 4.74 Å². The summed E-state index contributed by atoms with van der Waals surface area (Å²) >= 11 is 2.04. The molecule has 0 amide bonds. The van der Waals surface area contributed by atoms with E-state index in [1.165, 1.54) is 18.6 Å². The van der Waals surface area contributed by atoms with Gasteiger partial charge in [-0.15, -0.1) is 0 Å². The lowest BCUT2D eigenvalue weighted by atomic mass is 10.2. The molecule has 2 heterocycles. The van der Waals surface area contributed by atoms with Crippen LogP contribution in [-0.4, -0.2) is 34.6 Å². The highest BCUT2D eigenvalue weighted by molar-refractivity contribution is 8.00.